The second-order valence-corrected chi connectivity index (χ2v) is 10.5. The Bertz CT molecular complexity index is 843. The zero-order valence-corrected chi connectivity index (χ0v) is 18.7. The van der Waals surface area contributed by atoms with Crippen molar-refractivity contribution in [2.45, 2.75) is 71.9 Å². The molecule has 0 amide bonds. The molecule has 2 aromatic carbocycles. The van der Waals surface area contributed by atoms with Crippen LogP contribution in [0.15, 0.2) is 28.7 Å². The number of rotatable bonds is 0. The Morgan fingerprint density at radius 1 is 0.741 bits per heavy atom. The summed E-state index contributed by atoms with van der Waals surface area (Å²) in [6, 6.07) is 8.65. The van der Waals surface area contributed by atoms with Crippen molar-refractivity contribution in [2.75, 3.05) is 0 Å². The van der Waals surface area contributed by atoms with Gasteiger partial charge in [-0.05, 0) is 68.6 Å². The lowest BCUT2D eigenvalue weighted by atomic mass is 9.84. The lowest BCUT2D eigenvalue weighted by Gasteiger charge is -2.40. The Morgan fingerprint density at radius 2 is 1.22 bits per heavy atom. The molecule has 4 heteroatoms. The average molecular weight is 431 g/mol. The molecule has 2 aliphatic heterocycles. The summed E-state index contributed by atoms with van der Waals surface area (Å²) in [5.74, 6) is 1.70. The van der Waals surface area contributed by atoms with Crippen LogP contribution in [0, 0.1) is 6.92 Å². The molecule has 2 bridgehead atoms. The van der Waals surface area contributed by atoms with Crippen LogP contribution in [0.1, 0.15) is 81.9 Å². The molecule has 4 rings (SSSR count). The monoisotopic (exact) mass is 430 g/mol. The third kappa shape index (κ3) is 3.17. The van der Waals surface area contributed by atoms with Gasteiger partial charge in [0.25, 0.3) is 0 Å². The SMILES string of the molecule is Cc1cc(C(C)(C)C)cc2c1OC1OC2Oc2c(Br)cc(C(C)(C)C)cc21. The van der Waals surface area contributed by atoms with Crippen LogP contribution in [0.3, 0.4) is 0 Å². The minimum absolute atomic E-state index is 0.0263. The molecule has 2 aromatic rings. The van der Waals surface area contributed by atoms with Gasteiger partial charge in [-0.3, -0.25) is 4.74 Å². The highest BCUT2D eigenvalue weighted by Crippen LogP contribution is 2.52. The van der Waals surface area contributed by atoms with E-state index in [2.05, 4.69) is 88.7 Å². The van der Waals surface area contributed by atoms with E-state index >= 15 is 0 Å². The largest absolute Gasteiger partial charge is 0.459 e. The van der Waals surface area contributed by atoms with E-state index in [-0.39, 0.29) is 10.8 Å². The quantitative estimate of drug-likeness (QED) is 0.457. The van der Waals surface area contributed by atoms with Gasteiger partial charge >= 0.3 is 0 Å². The van der Waals surface area contributed by atoms with Gasteiger partial charge in [-0.25, -0.2) is 0 Å². The molecule has 0 aromatic heterocycles. The highest BCUT2D eigenvalue weighted by Gasteiger charge is 2.40. The molecular formula is C23H27BrO3. The maximum atomic E-state index is 6.33. The molecule has 0 saturated carbocycles. The summed E-state index contributed by atoms with van der Waals surface area (Å²) in [5, 5.41) is 0. The summed E-state index contributed by atoms with van der Waals surface area (Å²) in [6.07, 6.45) is -0.909. The van der Waals surface area contributed by atoms with Crippen molar-refractivity contribution >= 4 is 15.9 Å². The van der Waals surface area contributed by atoms with E-state index in [0.29, 0.717) is 0 Å². The van der Waals surface area contributed by atoms with Crippen LogP contribution in [0.2, 0.25) is 0 Å². The van der Waals surface area contributed by atoms with Crippen LogP contribution in [0.4, 0.5) is 0 Å². The Hall–Kier alpha value is -1.52. The molecule has 0 saturated heterocycles. The predicted octanol–water partition coefficient (Wildman–Crippen LogP) is 6.85. The summed E-state index contributed by atoms with van der Waals surface area (Å²) in [4.78, 5) is 0. The second-order valence-electron chi connectivity index (χ2n) is 9.62. The fourth-order valence-electron chi connectivity index (χ4n) is 3.57. The summed E-state index contributed by atoms with van der Waals surface area (Å²) in [7, 11) is 0. The number of aryl methyl sites for hydroxylation is 1. The number of hydrogen-bond acceptors (Lipinski definition) is 3. The number of halogens is 1. The van der Waals surface area contributed by atoms with Crippen molar-refractivity contribution in [1.82, 2.24) is 0 Å². The fraction of sp³-hybridized carbons (Fsp3) is 0.478. The third-order valence-electron chi connectivity index (χ3n) is 5.31. The van der Waals surface area contributed by atoms with E-state index in [4.69, 9.17) is 14.2 Å². The van der Waals surface area contributed by atoms with Crippen LogP contribution in [-0.2, 0) is 15.6 Å². The van der Waals surface area contributed by atoms with Gasteiger partial charge in [0.1, 0.15) is 11.5 Å². The Kier molecular flexibility index (Phi) is 4.17. The molecular weight excluding hydrogens is 404 g/mol. The molecule has 0 spiro atoms. The zero-order chi connectivity index (χ0) is 19.7. The van der Waals surface area contributed by atoms with E-state index in [1.807, 2.05) is 0 Å². The summed E-state index contributed by atoms with van der Waals surface area (Å²) < 4.78 is 19.7. The average Bonchev–Trinajstić information content (AvgIpc) is 2.54. The van der Waals surface area contributed by atoms with Gasteiger partial charge < -0.3 is 9.47 Å². The van der Waals surface area contributed by atoms with Gasteiger partial charge in [0.15, 0.2) is 0 Å². The second kappa shape index (κ2) is 5.99. The van der Waals surface area contributed by atoms with Gasteiger partial charge in [-0.1, -0.05) is 47.6 Å². The number of hydrogen-bond donors (Lipinski definition) is 0. The molecule has 0 radical (unpaired) electrons. The van der Waals surface area contributed by atoms with Gasteiger partial charge in [-0.2, -0.15) is 0 Å². The van der Waals surface area contributed by atoms with Crippen LogP contribution in [-0.4, -0.2) is 0 Å². The van der Waals surface area contributed by atoms with Gasteiger partial charge in [-0.15, -0.1) is 0 Å². The Morgan fingerprint density at radius 3 is 1.78 bits per heavy atom. The molecule has 2 aliphatic rings. The van der Waals surface area contributed by atoms with E-state index in [0.717, 1.165) is 32.7 Å². The summed E-state index contributed by atoms with van der Waals surface area (Å²) in [6.45, 7) is 15.3. The predicted molar refractivity (Wildman–Crippen MR) is 111 cm³/mol. The van der Waals surface area contributed by atoms with Crippen molar-refractivity contribution in [3.8, 4) is 11.5 Å². The molecule has 0 N–H and O–H groups in total. The topological polar surface area (TPSA) is 27.7 Å². The molecule has 3 nitrogen and oxygen atoms in total. The van der Waals surface area contributed by atoms with Crippen molar-refractivity contribution in [1.29, 1.82) is 0 Å². The van der Waals surface area contributed by atoms with E-state index < -0.39 is 12.6 Å². The standard InChI is InChI=1S/C23H27BrO3/c1-12-8-13(22(2,3)4)9-15-18(12)25-21-16-10-14(23(5,6)7)11-17(24)19(16)26-20(15)27-21/h8-11,20-21H,1-7H3. The van der Waals surface area contributed by atoms with Crippen molar-refractivity contribution < 1.29 is 14.2 Å². The first-order chi connectivity index (χ1) is 12.4. The fourth-order valence-corrected chi connectivity index (χ4v) is 4.14. The van der Waals surface area contributed by atoms with E-state index in [9.17, 15) is 0 Å². The molecule has 2 unspecified atom stereocenters. The van der Waals surface area contributed by atoms with Crippen molar-refractivity contribution in [2.24, 2.45) is 0 Å². The van der Waals surface area contributed by atoms with Gasteiger partial charge in [0.05, 0.1) is 15.6 Å². The maximum absolute atomic E-state index is 6.33. The first-order valence-corrected chi connectivity index (χ1v) is 10.2. The van der Waals surface area contributed by atoms with Gasteiger partial charge in [0, 0.05) is 0 Å². The smallest absolute Gasteiger partial charge is 0.234 e. The van der Waals surface area contributed by atoms with Crippen LogP contribution in [0.5, 0.6) is 11.5 Å². The first kappa shape index (κ1) is 18.8. The lowest BCUT2D eigenvalue weighted by molar-refractivity contribution is -0.228. The normalized spacial score (nSPS) is 21.0. The summed E-state index contributed by atoms with van der Waals surface area (Å²) >= 11 is 3.70. The number of benzene rings is 2. The molecule has 144 valence electrons. The van der Waals surface area contributed by atoms with E-state index in [1.54, 1.807) is 0 Å². The Balaban J connectivity index is 1.82. The highest BCUT2D eigenvalue weighted by atomic mass is 79.9. The van der Waals surface area contributed by atoms with Crippen LogP contribution in [0.25, 0.3) is 0 Å². The minimum Gasteiger partial charge on any atom is -0.459 e. The van der Waals surface area contributed by atoms with Gasteiger partial charge in [0.2, 0.25) is 12.6 Å². The van der Waals surface area contributed by atoms with Crippen molar-refractivity contribution in [3.05, 3.63) is 56.6 Å². The van der Waals surface area contributed by atoms with Crippen LogP contribution < -0.4 is 9.47 Å². The molecule has 27 heavy (non-hydrogen) atoms. The lowest BCUT2D eigenvalue weighted by Crippen LogP contribution is -2.31. The minimum atomic E-state index is -0.455. The number of ether oxygens (including phenoxy) is 3. The Labute approximate surface area is 170 Å². The van der Waals surface area contributed by atoms with Crippen molar-refractivity contribution in [3.63, 3.8) is 0 Å². The molecule has 2 heterocycles. The molecule has 2 atom stereocenters. The first-order valence-electron chi connectivity index (χ1n) is 9.43. The molecule has 0 fully saturated rings. The summed E-state index contributed by atoms with van der Waals surface area (Å²) in [5.41, 5.74) is 5.57. The maximum Gasteiger partial charge on any atom is 0.234 e. The van der Waals surface area contributed by atoms with Crippen LogP contribution >= 0.6 is 15.9 Å². The zero-order valence-electron chi connectivity index (χ0n) is 17.1. The van der Waals surface area contributed by atoms with E-state index in [1.165, 1.54) is 11.1 Å². The third-order valence-corrected chi connectivity index (χ3v) is 5.90. The number of fused-ring (bicyclic) bond motifs is 6. The highest BCUT2D eigenvalue weighted by molar-refractivity contribution is 9.10. The molecule has 0 aliphatic carbocycles.